The Kier molecular flexibility index (Phi) is 7.80. The molecule has 1 heterocycles. The average Bonchev–Trinajstić information content (AvgIpc) is 3.15. The summed E-state index contributed by atoms with van der Waals surface area (Å²) in [7, 11) is 0. The summed E-state index contributed by atoms with van der Waals surface area (Å²) in [5.74, 6) is -1.56. The predicted octanol–water partition coefficient (Wildman–Crippen LogP) is 5.95. The highest BCUT2D eigenvalue weighted by atomic mass is 35.5. The number of anilines is 1. The lowest BCUT2D eigenvalue weighted by atomic mass is 9.83. The molecular formula is C25H21Cl2FN4O2S. The second kappa shape index (κ2) is 10.8. The molecule has 2 aliphatic rings. The number of carbonyl (C=O) groups is 2. The maximum atomic E-state index is 14.6. The number of thioether (sulfide) groups is 1. The quantitative estimate of drug-likeness (QED) is 0.483. The Labute approximate surface area is 216 Å². The van der Waals surface area contributed by atoms with Crippen LogP contribution in [-0.4, -0.2) is 28.3 Å². The molecule has 1 aliphatic heterocycles. The van der Waals surface area contributed by atoms with Crippen molar-refractivity contribution in [2.24, 2.45) is 4.99 Å². The summed E-state index contributed by atoms with van der Waals surface area (Å²) in [5, 5.41) is 13.3. The van der Waals surface area contributed by atoms with Crippen molar-refractivity contribution in [3.05, 3.63) is 69.6 Å². The molecule has 180 valence electrons. The molecule has 0 atom stereocenters. The fourth-order valence-corrected chi connectivity index (χ4v) is 5.16. The summed E-state index contributed by atoms with van der Waals surface area (Å²) in [6, 6.07) is 13.0. The third-order valence-corrected chi connectivity index (χ3v) is 7.48. The number of aliphatic imine (C=N–C) groups is 1. The monoisotopic (exact) mass is 530 g/mol. The first-order chi connectivity index (χ1) is 16.8. The van der Waals surface area contributed by atoms with Crippen LogP contribution in [-0.2, 0) is 9.59 Å². The van der Waals surface area contributed by atoms with Crippen molar-refractivity contribution in [1.29, 1.82) is 5.26 Å². The number of amidine groups is 1. The molecule has 1 saturated carbocycles. The Morgan fingerprint density at radius 1 is 1.20 bits per heavy atom. The molecule has 35 heavy (non-hydrogen) atoms. The zero-order chi connectivity index (χ0) is 25.0. The first-order valence-electron chi connectivity index (χ1n) is 11.0. The number of halogens is 3. The fraction of sp³-hybridized carbons (Fsp3) is 0.280. The lowest BCUT2D eigenvalue weighted by Crippen LogP contribution is -2.49. The van der Waals surface area contributed by atoms with E-state index in [9.17, 15) is 19.2 Å². The van der Waals surface area contributed by atoms with Gasteiger partial charge in [0.05, 0.1) is 27.6 Å². The van der Waals surface area contributed by atoms with E-state index in [1.165, 1.54) is 24.3 Å². The number of nitrogens with one attached hydrogen (secondary N) is 1. The van der Waals surface area contributed by atoms with Gasteiger partial charge in [0, 0.05) is 0 Å². The minimum Gasteiger partial charge on any atom is -0.337 e. The van der Waals surface area contributed by atoms with Gasteiger partial charge < -0.3 is 5.32 Å². The van der Waals surface area contributed by atoms with Crippen LogP contribution < -0.4 is 10.2 Å². The molecule has 0 unspecified atom stereocenters. The van der Waals surface area contributed by atoms with Gasteiger partial charge in [-0.3, -0.25) is 14.5 Å². The van der Waals surface area contributed by atoms with Crippen molar-refractivity contribution in [2.75, 3.05) is 10.7 Å². The first-order valence-corrected chi connectivity index (χ1v) is 12.8. The number of hydrogen-bond donors (Lipinski definition) is 1. The number of para-hydroxylation sites is 1. The highest BCUT2D eigenvalue weighted by Gasteiger charge is 2.36. The van der Waals surface area contributed by atoms with Gasteiger partial charge in [-0.25, -0.2) is 9.38 Å². The van der Waals surface area contributed by atoms with E-state index in [1.54, 1.807) is 24.3 Å². The molecule has 0 saturated heterocycles. The highest BCUT2D eigenvalue weighted by molar-refractivity contribution is 8.14. The third-order valence-electron chi connectivity index (χ3n) is 5.80. The van der Waals surface area contributed by atoms with Crippen molar-refractivity contribution < 1.29 is 14.0 Å². The smallest absolute Gasteiger partial charge is 0.283 e. The highest BCUT2D eigenvalue weighted by Crippen LogP contribution is 2.32. The summed E-state index contributed by atoms with van der Waals surface area (Å²) < 4.78 is 14.6. The van der Waals surface area contributed by atoms with E-state index in [2.05, 4.69) is 16.4 Å². The summed E-state index contributed by atoms with van der Waals surface area (Å²) in [5.41, 5.74) is -0.178. The zero-order valence-electron chi connectivity index (χ0n) is 18.6. The van der Waals surface area contributed by atoms with Crippen LogP contribution in [0.1, 0.15) is 37.7 Å². The minimum atomic E-state index is -0.868. The molecule has 10 heteroatoms. The van der Waals surface area contributed by atoms with Gasteiger partial charge in [-0.1, -0.05) is 72.4 Å². The second-order valence-corrected chi connectivity index (χ2v) is 10.0. The van der Waals surface area contributed by atoms with Crippen LogP contribution in [0.15, 0.2) is 53.2 Å². The number of hydrogen-bond acceptors (Lipinski definition) is 5. The molecule has 0 radical (unpaired) electrons. The molecule has 0 spiro atoms. The maximum absolute atomic E-state index is 14.6. The Hall–Kier alpha value is -2.86. The molecule has 0 aromatic heterocycles. The number of rotatable bonds is 5. The predicted molar refractivity (Wildman–Crippen MR) is 138 cm³/mol. The van der Waals surface area contributed by atoms with Gasteiger partial charge >= 0.3 is 0 Å². The summed E-state index contributed by atoms with van der Waals surface area (Å²) >= 11 is 13.1. The minimum absolute atomic E-state index is 0.0301. The van der Waals surface area contributed by atoms with E-state index in [-0.39, 0.29) is 28.2 Å². The van der Waals surface area contributed by atoms with E-state index in [4.69, 9.17) is 23.2 Å². The molecule has 0 bridgehead atoms. The number of carbonyl (C=O) groups excluding carboxylic acids is 2. The van der Waals surface area contributed by atoms with Gasteiger partial charge in [0.2, 0.25) is 5.91 Å². The molecular weight excluding hydrogens is 510 g/mol. The van der Waals surface area contributed by atoms with Crippen molar-refractivity contribution >= 4 is 63.7 Å². The van der Waals surface area contributed by atoms with Gasteiger partial charge in [0.15, 0.2) is 5.17 Å². The Balaban J connectivity index is 1.59. The van der Waals surface area contributed by atoms with Crippen molar-refractivity contribution in [3.63, 3.8) is 0 Å². The topological polar surface area (TPSA) is 85.6 Å². The summed E-state index contributed by atoms with van der Waals surface area (Å²) in [4.78, 5) is 31.5. The lowest BCUT2D eigenvalue weighted by molar-refractivity contribution is -0.120. The van der Waals surface area contributed by atoms with Crippen LogP contribution in [0.5, 0.6) is 0 Å². The van der Waals surface area contributed by atoms with E-state index in [0.29, 0.717) is 28.5 Å². The van der Waals surface area contributed by atoms with E-state index in [1.807, 2.05) is 0 Å². The molecule has 2 aromatic carbocycles. The number of benzene rings is 2. The average molecular weight is 531 g/mol. The normalized spacial score (nSPS) is 18.3. The summed E-state index contributed by atoms with van der Waals surface area (Å²) in [6.45, 7) is 0. The largest absolute Gasteiger partial charge is 0.337 e. The van der Waals surface area contributed by atoms with Crippen molar-refractivity contribution in [3.8, 4) is 6.07 Å². The Bertz CT molecular complexity index is 1270. The lowest BCUT2D eigenvalue weighted by Gasteiger charge is -2.31. The van der Waals surface area contributed by atoms with Gasteiger partial charge in [0.25, 0.3) is 5.91 Å². The van der Waals surface area contributed by atoms with Crippen LogP contribution in [0.2, 0.25) is 10.0 Å². The molecule has 1 fully saturated rings. The maximum Gasteiger partial charge on any atom is 0.283 e. The molecule has 2 aromatic rings. The fourth-order valence-electron chi connectivity index (χ4n) is 4.05. The molecule has 6 nitrogen and oxygen atoms in total. The van der Waals surface area contributed by atoms with Crippen LogP contribution in [0, 0.1) is 17.1 Å². The SMILES string of the molecule is N#CC1(NC(=O)CSC2=N/C(=C/c3ccc(Cl)c(Cl)c3)C(=O)N2c2ccccc2F)CCCCC1. The number of nitriles is 1. The Morgan fingerprint density at radius 2 is 1.94 bits per heavy atom. The van der Waals surface area contributed by atoms with E-state index < -0.39 is 17.3 Å². The standard InChI is InChI=1S/C25H21Cl2FN4O2S/c26-17-9-8-16(12-18(17)27)13-20-23(34)32(21-7-3-2-6-19(21)28)24(30-20)35-14-22(33)31-25(15-29)10-4-1-5-11-25/h2-3,6-9,12-13H,1,4-5,10-11,14H2,(H,31,33)/b20-13+. The van der Waals surface area contributed by atoms with Gasteiger partial charge in [-0.15, -0.1) is 0 Å². The van der Waals surface area contributed by atoms with Crippen LogP contribution in [0.3, 0.4) is 0 Å². The van der Waals surface area contributed by atoms with Crippen molar-refractivity contribution in [1.82, 2.24) is 5.32 Å². The van der Waals surface area contributed by atoms with Gasteiger partial charge in [-0.05, 0) is 48.7 Å². The van der Waals surface area contributed by atoms with Gasteiger partial charge in [0.1, 0.15) is 17.1 Å². The molecule has 1 aliphatic carbocycles. The van der Waals surface area contributed by atoms with Crippen LogP contribution in [0.25, 0.3) is 6.08 Å². The molecule has 1 N–H and O–H groups in total. The summed E-state index contributed by atoms with van der Waals surface area (Å²) in [6.07, 6.45) is 5.55. The van der Waals surface area contributed by atoms with E-state index in [0.717, 1.165) is 35.9 Å². The second-order valence-electron chi connectivity index (χ2n) is 8.28. The first kappa shape index (κ1) is 25.2. The van der Waals surface area contributed by atoms with E-state index >= 15 is 0 Å². The van der Waals surface area contributed by atoms with Gasteiger partial charge in [-0.2, -0.15) is 5.26 Å². The Morgan fingerprint density at radius 3 is 2.63 bits per heavy atom. The van der Waals surface area contributed by atoms with Crippen LogP contribution in [0.4, 0.5) is 10.1 Å². The third kappa shape index (κ3) is 5.69. The zero-order valence-corrected chi connectivity index (χ0v) is 20.9. The van der Waals surface area contributed by atoms with Crippen LogP contribution >= 0.6 is 35.0 Å². The number of nitrogens with zero attached hydrogens (tertiary/aromatic N) is 3. The number of amides is 2. The van der Waals surface area contributed by atoms with Crippen molar-refractivity contribution in [2.45, 2.75) is 37.6 Å². The molecule has 4 rings (SSSR count). The molecule has 2 amide bonds.